The van der Waals surface area contributed by atoms with Crippen LogP contribution in [0.3, 0.4) is 0 Å². The minimum absolute atomic E-state index is 0.316. The van der Waals surface area contributed by atoms with E-state index in [1.54, 1.807) is 24.3 Å². The summed E-state index contributed by atoms with van der Waals surface area (Å²) in [5.74, 6) is 0.0659. The Balaban J connectivity index is 1.97. The normalized spacial score (nSPS) is 10.5. The molecule has 0 saturated heterocycles. The highest BCUT2D eigenvalue weighted by Crippen LogP contribution is 2.38. The number of carbonyl (C=O) groups is 2. The molecule has 29 heavy (non-hydrogen) atoms. The fourth-order valence-corrected chi connectivity index (χ4v) is 2.66. The first-order chi connectivity index (χ1) is 13.9. The molecular weight excluding hydrogens is 421 g/mol. The van der Waals surface area contributed by atoms with Gasteiger partial charge in [0.1, 0.15) is 0 Å². The van der Waals surface area contributed by atoms with E-state index in [9.17, 15) is 9.59 Å². The third-order valence-electron chi connectivity index (χ3n) is 3.65. The maximum absolute atomic E-state index is 11.9. The Morgan fingerprint density at radius 3 is 2.24 bits per heavy atom. The van der Waals surface area contributed by atoms with Crippen molar-refractivity contribution in [2.45, 2.75) is 0 Å². The standard InChI is InChI=1S/C20H19Cl2NO6/c1-26-16-8-12(9-17(27-2)20(16)28-3)4-7-19(25)29-11-18(24)23-15-10-13(21)5-6-14(15)22/h4-10H,11H2,1-3H3,(H,23,24)/b7-4+. The van der Waals surface area contributed by atoms with Gasteiger partial charge in [-0.2, -0.15) is 0 Å². The molecule has 0 atom stereocenters. The molecule has 9 heteroatoms. The number of ether oxygens (including phenoxy) is 4. The van der Waals surface area contributed by atoms with Crippen molar-refractivity contribution in [1.82, 2.24) is 0 Å². The maximum atomic E-state index is 11.9. The van der Waals surface area contributed by atoms with Crippen molar-refractivity contribution in [3.05, 3.63) is 52.0 Å². The molecule has 7 nitrogen and oxygen atoms in total. The minimum atomic E-state index is -0.703. The van der Waals surface area contributed by atoms with Crippen LogP contribution >= 0.6 is 23.2 Å². The van der Waals surface area contributed by atoms with Crippen molar-refractivity contribution in [1.29, 1.82) is 0 Å². The van der Waals surface area contributed by atoms with Crippen LogP contribution in [-0.2, 0) is 14.3 Å². The van der Waals surface area contributed by atoms with Gasteiger partial charge in [-0.1, -0.05) is 23.2 Å². The van der Waals surface area contributed by atoms with Gasteiger partial charge in [0.05, 0.1) is 32.0 Å². The number of esters is 1. The topological polar surface area (TPSA) is 83.1 Å². The molecule has 0 aromatic heterocycles. The Kier molecular flexibility index (Phi) is 8.18. The highest BCUT2D eigenvalue weighted by atomic mass is 35.5. The Morgan fingerprint density at radius 1 is 1.00 bits per heavy atom. The van der Waals surface area contributed by atoms with E-state index in [4.69, 9.17) is 42.1 Å². The molecule has 0 heterocycles. The van der Waals surface area contributed by atoms with Crippen LogP contribution in [0.1, 0.15) is 5.56 Å². The number of rotatable bonds is 8. The van der Waals surface area contributed by atoms with Gasteiger partial charge in [-0.3, -0.25) is 4.79 Å². The first kappa shape index (κ1) is 22.4. The molecule has 0 unspecified atom stereocenters. The highest BCUT2D eigenvalue weighted by molar-refractivity contribution is 6.35. The van der Waals surface area contributed by atoms with Crippen LogP contribution in [0.15, 0.2) is 36.4 Å². The SMILES string of the molecule is COc1cc(/C=C/C(=O)OCC(=O)Nc2cc(Cl)ccc2Cl)cc(OC)c1OC. The number of anilines is 1. The van der Waals surface area contributed by atoms with E-state index in [0.29, 0.717) is 38.5 Å². The molecule has 0 bridgehead atoms. The third kappa shape index (κ3) is 6.30. The monoisotopic (exact) mass is 439 g/mol. The Labute approximate surface area is 178 Å². The van der Waals surface area contributed by atoms with Gasteiger partial charge in [0.2, 0.25) is 5.75 Å². The zero-order valence-corrected chi connectivity index (χ0v) is 17.5. The third-order valence-corrected chi connectivity index (χ3v) is 4.21. The second-order valence-corrected chi connectivity index (χ2v) is 6.42. The van der Waals surface area contributed by atoms with Crippen LogP contribution in [0.5, 0.6) is 17.2 Å². The van der Waals surface area contributed by atoms with Gasteiger partial charge in [-0.05, 0) is 42.0 Å². The van der Waals surface area contributed by atoms with Crippen LogP contribution in [0.25, 0.3) is 6.08 Å². The number of amides is 1. The summed E-state index contributed by atoms with van der Waals surface area (Å²) in [4.78, 5) is 23.8. The summed E-state index contributed by atoms with van der Waals surface area (Å²) in [7, 11) is 4.47. The summed E-state index contributed by atoms with van der Waals surface area (Å²) < 4.78 is 20.7. The van der Waals surface area contributed by atoms with Gasteiger partial charge in [0, 0.05) is 11.1 Å². The smallest absolute Gasteiger partial charge is 0.331 e. The average Bonchev–Trinajstić information content (AvgIpc) is 2.72. The Hall–Kier alpha value is -2.90. The van der Waals surface area contributed by atoms with Crippen molar-refractivity contribution in [2.24, 2.45) is 0 Å². The number of hydrogen-bond donors (Lipinski definition) is 1. The van der Waals surface area contributed by atoms with Crippen LogP contribution in [0.2, 0.25) is 10.0 Å². The zero-order valence-electron chi connectivity index (χ0n) is 16.0. The molecule has 154 valence electrons. The molecule has 0 spiro atoms. The quantitative estimate of drug-likeness (QED) is 0.489. The first-order valence-corrected chi connectivity index (χ1v) is 9.03. The molecule has 0 aliphatic heterocycles. The number of benzene rings is 2. The number of nitrogens with one attached hydrogen (secondary N) is 1. The van der Waals surface area contributed by atoms with E-state index < -0.39 is 18.5 Å². The number of carbonyl (C=O) groups excluding carboxylic acids is 2. The van der Waals surface area contributed by atoms with Crippen molar-refractivity contribution in [3.8, 4) is 17.2 Å². The van der Waals surface area contributed by atoms with Crippen molar-refractivity contribution < 1.29 is 28.5 Å². The van der Waals surface area contributed by atoms with Gasteiger partial charge >= 0.3 is 5.97 Å². The molecule has 0 aliphatic rings. The lowest BCUT2D eigenvalue weighted by atomic mass is 10.1. The predicted octanol–water partition coefficient (Wildman–Crippen LogP) is 4.21. The fraction of sp³-hybridized carbons (Fsp3) is 0.200. The summed E-state index contributed by atoms with van der Waals surface area (Å²) in [5.41, 5.74) is 0.944. The molecule has 0 saturated carbocycles. The largest absolute Gasteiger partial charge is 0.493 e. The van der Waals surface area contributed by atoms with E-state index in [-0.39, 0.29) is 0 Å². The van der Waals surface area contributed by atoms with E-state index in [2.05, 4.69) is 5.32 Å². The van der Waals surface area contributed by atoms with Crippen molar-refractivity contribution in [2.75, 3.05) is 33.3 Å². The van der Waals surface area contributed by atoms with Gasteiger partial charge in [0.25, 0.3) is 5.91 Å². The maximum Gasteiger partial charge on any atom is 0.331 e. The molecule has 0 radical (unpaired) electrons. The molecule has 1 amide bonds. The number of halogens is 2. The number of hydrogen-bond acceptors (Lipinski definition) is 6. The van der Waals surface area contributed by atoms with Crippen LogP contribution in [0.4, 0.5) is 5.69 Å². The molecule has 2 rings (SSSR count). The van der Waals surface area contributed by atoms with Gasteiger partial charge < -0.3 is 24.3 Å². The second kappa shape index (κ2) is 10.6. The van der Waals surface area contributed by atoms with Crippen molar-refractivity contribution >= 4 is 46.8 Å². The zero-order chi connectivity index (χ0) is 21.4. The Bertz CT molecular complexity index is 904. The summed E-state index contributed by atoms with van der Waals surface area (Å²) in [6.45, 7) is -0.485. The van der Waals surface area contributed by atoms with Crippen LogP contribution in [0, 0.1) is 0 Å². The van der Waals surface area contributed by atoms with E-state index in [1.807, 2.05) is 0 Å². The second-order valence-electron chi connectivity index (χ2n) is 5.57. The number of methoxy groups -OCH3 is 3. The highest BCUT2D eigenvalue weighted by Gasteiger charge is 2.13. The van der Waals surface area contributed by atoms with Crippen LogP contribution in [-0.4, -0.2) is 39.8 Å². The van der Waals surface area contributed by atoms with Gasteiger partial charge in [0.15, 0.2) is 18.1 Å². The molecule has 0 aliphatic carbocycles. The molecule has 2 aromatic carbocycles. The predicted molar refractivity (Wildman–Crippen MR) is 111 cm³/mol. The van der Waals surface area contributed by atoms with Gasteiger partial charge in [-0.25, -0.2) is 4.79 Å². The average molecular weight is 440 g/mol. The van der Waals surface area contributed by atoms with Gasteiger partial charge in [-0.15, -0.1) is 0 Å². The van der Waals surface area contributed by atoms with Crippen LogP contribution < -0.4 is 19.5 Å². The summed E-state index contributed by atoms with van der Waals surface area (Å²) >= 11 is 11.8. The molecule has 0 fully saturated rings. The summed E-state index contributed by atoms with van der Waals surface area (Å²) in [6, 6.07) is 7.96. The summed E-state index contributed by atoms with van der Waals surface area (Å²) in [6.07, 6.45) is 2.68. The lowest BCUT2D eigenvalue weighted by Gasteiger charge is -2.12. The Morgan fingerprint density at radius 2 is 1.66 bits per heavy atom. The van der Waals surface area contributed by atoms with Crippen molar-refractivity contribution in [3.63, 3.8) is 0 Å². The lowest BCUT2D eigenvalue weighted by molar-refractivity contribution is -0.142. The minimum Gasteiger partial charge on any atom is -0.493 e. The molecular formula is C20H19Cl2NO6. The fourth-order valence-electron chi connectivity index (χ4n) is 2.33. The van der Waals surface area contributed by atoms with E-state index >= 15 is 0 Å². The molecule has 2 aromatic rings. The van der Waals surface area contributed by atoms with E-state index in [0.717, 1.165) is 0 Å². The van der Waals surface area contributed by atoms with E-state index in [1.165, 1.54) is 39.5 Å². The summed E-state index contributed by atoms with van der Waals surface area (Å²) in [5, 5.41) is 3.25. The molecule has 1 N–H and O–H groups in total. The first-order valence-electron chi connectivity index (χ1n) is 8.27. The lowest BCUT2D eigenvalue weighted by Crippen LogP contribution is -2.20.